The molecule has 0 aromatic carbocycles. The lowest BCUT2D eigenvalue weighted by atomic mass is 10.1. The first-order valence-corrected chi connectivity index (χ1v) is 6.04. The average Bonchev–Trinajstić information content (AvgIpc) is 2.88. The molecule has 3 heteroatoms. The van der Waals surface area contributed by atoms with Crippen molar-refractivity contribution in [3.8, 4) is 6.07 Å². The highest BCUT2D eigenvalue weighted by Gasteiger charge is 2.36. The summed E-state index contributed by atoms with van der Waals surface area (Å²) in [6.45, 7) is 8.76. The zero-order valence-electron chi connectivity index (χ0n) is 9.87. The zero-order valence-corrected chi connectivity index (χ0v) is 9.87. The van der Waals surface area contributed by atoms with E-state index >= 15 is 0 Å². The highest BCUT2D eigenvalue weighted by Crippen LogP contribution is 2.25. The van der Waals surface area contributed by atoms with Gasteiger partial charge in [-0.1, -0.05) is 0 Å². The van der Waals surface area contributed by atoms with Crippen molar-refractivity contribution < 1.29 is 0 Å². The summed E-state index contributed by atoms with van der Waals surface area (Å²) in [5.74, 6) is 0. The fourth-order valence-corrected chi connectivity index (χ4v) is 2.73. The second kappa shape index (κ2) is 4.11. The van der Waals surface area contributed by atoms with E-state index in [2.05, 4.69) is 15.9 Å². The lowest BCUT2D eigenvalue weighted by Crippen LogP contribution is -2.43. The number of rotatable bonds is 2. The normalized spacial score (nSPS) is 29.5. The summed E-state index contributed by atoms with van der Waals surface area (Å²) < 4.78 is 0. The van der Waals surface area contributed by atoms with E-state index in [0.29, 0.717) is 6.04 Å². The molecule has 0 aliphatic carbocycles. The van der Waals surface area contributed by atoms with E-state index in [1.165, 1.54) is 32.4 Å². The summed E-state index contributed by atoms with van der Waals surface area (Å²) in [5.41, 5.74) is -0.283. The molecule has 2 heterocycles. The number of likely N-dealkylation sites (tertiary alicyclic amines) is 2. The van der Waals surface area contributed by atoms with Gasteiger partial charge in [0.25, 0.3) is 0 Å². The summed E-state index contributed by atoms with van der Waals surface area (Å²) in [6.07, 6.45) is 3.96. The van der Waals surface area contributed by atoms with Gasteiger partial charge in [-0.3, -0.25) is 9.80 Å². The highest BCUT2D eigenvalue weighted by atomic mass is 15.3. The van der Waals surface area contributed by atoms with Gasteiger partial charge in [0.05, 0.1) is 6.07 Å². The molecule has 0 radical (unpaired) electrons. The van der Waals surface area contributed by atoms with Crippen LogP contribution >= 0.6 is 0 Å². The predicted octanol–water partition coefficient (Wildman–Crippen LogP) is 1.46. The molecule has 0 spiro atoms. The second-order valence-electron chi connectivity index (χ2n) is 5.30. The Bertz CT molecular complexity index is 261. The molecule has 84 valence electrons. The molecule has 2 rings (SSSR count). The maximum Gasteiger partial charge on any atom is 0.103 e. The third-order valence-electron chi connectivity index (χ3n) is 3.88. The molecule has 3 nitrogen and oxygen atoms in total. The van der Waals surface area contributed by atoms with E-state index < -0.39 is 0 Å². The van der Waals surface area contributed by atoms with Crippen LogP contribution in [0.4, 0.5) is 0 Å². The quantitative estimate of drug-likeness (QED) is 0.686. The Hall–Kier alpha value is -0.590. The molecule has 0 bridgehead atoms. The Labute approximate surface area is 92.7 Å². The van der Waals surface area contributed by atoms with Gasteiger partial charge in [-0.2, -0.15) is 5.26 Å². The molecule has 0 saturated carbocycles. The molecule has 2 aliphatic rings. The van der Waals surface area contributed by atoms with Gasteiger partial charge < -0.3 is 0 Å². The van der Waals surface area contributed by atoms with Crippen molar-refractivity contribution in [2.45, 2.75) is 44.7 Å². The van der Waals surface area contributed by atoms with Crippen molar-refractivity contribution in [2.24, 2.45) is 0 Å². The maximum absolute atomic E-state index is 9.10. The Morgan fingerprint density at radius 2 is 1.87 bits per heavy atom. The average molecular weight is 207 g/mol. The predicted molar refractivity (Wildman–Crippen MR) is 60.5 cm³/mol. The van der Waals surface area contributed by atoms with Crippen LogP contribution in [0.2, 0.25) is 0 Å². The summed E-state index contributed by atoms with van der Waals surface area (Å²) >= 11 is 0. The van der Waals surface area contributed by atoms with Gasteiger partial charge in [0.15, 0.2) is 0 Å². The van der Waals surface area contributed by atoms with Crippen molar-refractivity contribution >= 4 is 0 Å². The molecule has 0 aromatic heterocycles. The van der Waals surface area contributed by atoms with E-state index in [1.54, 1.807) is 0 Å². The van der Waals surface area contributed by atoms with Crippen molar-refractivity contribution in [1.82, 2.24) is 9.80 Å². The first-order chi connectivity index (χ1) is 7.13. The smallest absolute Gasteiger partial charge is 0.103 e. The van der Waals surface area contributed by atoms with Crippen LogP contribution in [0.15, 0.2) is 0 Å². The van der Waals surface area contributed by atoms with E-state index in [9.17, 15) is 0 Å². The van der Waals surface area contributed by atoms with Gasteiger partial charge in [-0.25, -0.2) is 0 Å². The number of nitriles is 1. The topological polar surface area (TPSA) is 30.3 Å². The minimum Gasteiger partial charge on any atom is -0.299 e. The Kier molecular flexibility index (Phi) is 2.99. The molecule has 0 N–H and O–H groups in total. The van der Waals surface area contributed by atoms with Crippen LogP contribution in [0.3, 0.4) is 0 Å². The third kappa shape index (κ3) is 2.16. The Morgan fingerprint density at radius 1 is 1.20 bits per heavy atom. The van der Waals surface area contributed by atoms with Gasteiger partial charge in [-0.05, 0) is 46.2 Å². The Morgan fingerprint density at radius 3 is 2.47 bits per heavy atom. The van der Waals surface area contributed by atoms with Crippen molar-refractivity contribution in [2.75, 3.05) is 26.2 Å². The fourth-order valence-electron chi connectivity index (χ4n) is 2.73. The lowest BCUT2D eigenvalue weighted by Gasteiger charge is -2.30. The molecule has 2 fully saturated rings. The molecule has 0 amide bonds. The molecule has 2 aliphatic heterocycles. The van der Waals surface area contributed by atoms with Crippen LogP contribution in [0, 0.1) is 11.3 Å². The largest absolute Gasteiger partial charge is 0.299 e. The van der Waals surface area contributed by atoms with Crippen LogP contribution in [-0.2, 0) is 0 Å². The van der Waals surface area contributed by atoms with E-state index in [1.807, 2.05) is 13.8 Å². The molecule has 1 atom stereocenters. The minimum atomic E-state index is -0.283. The van der Waals surface area contributed by atoms with E-state index in [0.717, 1.165) is 13.1 Å². The highest BCUT2D eigenvalue weighted by molar-refractivity contribution is 5.05. The first-order valence-electron chi connectivity index (χ1n) is 6.04. The SMILES string of the molecule is CC(C)(C#N)N1CCC(N2CCCC2)C1. The van der Waals surface area contributed by atoms with Crippen LogP contribution in [-0.4, -0.2) is 47.6 Å². The van der Waals surface area contributed by atoms with Gasteiger partial charge in [0.1, 0.15) is 5.54 Å². The molecular formula is C12H21N3. The Balaban J connectivity index is 1.92. The molecule has 1 unspecified atom stereocenters. The summed E-state index contributed by atoms with van der Waals surface area (Å²) in [5, 5.41) is 9.10. The molecule has 15 heavy (non-hydrogen) atoms. The van der Waals surface area contributed by atoms with Gasteiger partial charge in [0.2, 0.25) is 0 Å². The zero-order chi connectivity index (χ0) is 10.9. The van der Waals surface area contributed by atoms with Gasteiger partial charge in [-0.15, -0.1) is 0 Å². The molecule has 2 saturated heterocycles. The van der Waals surface area contributed by atoms with Crippen LogP contribution in [0.25, 0.3) is 0 Å². The van der Waals surface area contributed by atoms with Crippen LogP contribution < -0.4 is 0 Å². The van der Waals surface area contributed by atoms with Gasteiger partial charge in [0, 0.05) is 19.1 Å². The lowest BCUT2D eigenvalue weighted by molar-refractivity contribution is 0.179. The van der Waals surface area contributed by atoms with E-state index in [-0.39, 0.29) is 5.54 Å². The monoisotopic (exact) mass is 207 g/mol. The number of hydrogen-bond donors (Lipinski definition) is 0. The summed E-state index contributed by atoms with van der Waals surface area (Å²) in [7, 11) is 0. The van der Waals surface area contributed by atoms with Gasteiger partial charge >= 0.3 is 0 Å². The van der Waals surface area contributed by atoms with E-state index in [4.69, 9.17) is 5.26 Å². The fraction of sp³-hybridized carbons (Fsp3) is 0.917. The van der Waals surface area contributed by atoms with Crippen LogP contribution in [0.5, 0.6) is 0 Å². The third-order valence-corrected chi connectivity index (χ3v) is 3.88. The summed E-state index contributed by atoms with van der Waals surface area (Å²) in [6, 6.07) is 3.11. The number of nitrogens with zero attached hydrogens (tertiary/aromatic N) is 3. The van der Waals surface area contributed by atoms with Crippen molar-refractivity contribution in [3.63, 3.8) is 0 Å². The summed E-state index contributed by atoms with van der Waals surface area (Å²) in [4.78, 5) is 4.93. The molecule has 0 aromatic rings. The van der Waals surface area contributed by atoms with Crippen molar-refractivity contribution in [3.05, 3.63) is 0 Å². The van der Waals surface area contributed by atoms with Crippen LogP contribution in [0.1, 0.15) is 33.1 Å². The van der Waals surface area contributed by atoms with Crippen molar-refractivity contribution in [1.29, 1.82) is 5.26 Å². The molecular weight excluding hydrogens is 186 g/mol. The maximum atomic E-state index is 9.10. The first kappa shape index (κ1) is 10.9. The second-order valence-corrected chi connectivity index (χ2v) is 5.30. The number of hydrogen-bond acceptors (Lipinski definition) is 3. The minimum absolute atomic E-state index is 0.283. The standard InChI is InChI=1S/C12H21N3/c1-12(2,10-13)15-8-5-11(9-15)14-6-3-4-7-14/h11H,3-9H2,1-2H3.